The number of anilines is 1. The summed E-state index contributed by atoms with van der Waals surface area (Å²) >= 11 is 0. The smallest absolute Gasteiger partial charge is 0.124 e. The number of nitrogens with one attached hydrogen (secondary N) is 1. The molecule has 4 heteroatoms. The average molecular weight is 219 g/mol. The van der Waals surface area contributed by atoms with Crippen LogP contribution in [-0.4, -0.2) is 9.78 Å². The largest absolute Gasteiger partial charge is 0.467 e. The van der Waals surface area contributed by atoms with Crippen LogP contribution in [0.3, 0.4) is 0 Å². The molecule has 2 rings (SSSR count). The second-order valence-corrected chi connectivity index (χ2v) is 3.73. The lowest BCUT2D eigenvalue weighted by molar-refractivity contribution is 0.515. The van der Waals surface area contributed by atoms with E-state index in [1.54, 1.807) is 6.26 Å². The lowest BCUT2D eigenvalue weighted by Gasteiger charge is -2.07. The fourth-order valence-corrected chi connectivity index (χ4v) is 1.56. The maximum Gasteiger partial charge on any atom is 0.124 e. The molecule has 2 heterocycles. The summed E-state index contributed by atoms with van der Waals surface area (Å²) in [5, 5.41) is 7.59. The number of rotatable bonds is 6. The van der Waals surface area contributed by atoms with E-state index in [1.807, 2.05) is 29.1 Å². The zero-order valence-corrected chi connectivity index (χ0v) is 9.52. The van der Waals surface area contributed by atoms with Crippen molar-refractivity contribution in [3.8, 4) is 0 Å². The van der Waals surface area contributed by atoms with E-state index in [1.165, 1.54) is 6.42 Å². The third-order valence-corrected chi connectivity index (χ3v) is 2.46. The fourth-order valence-electron chi connectivity index (χ4n) is 1.56. The Morgan fingerprint density at radius 3 is 3.12 bits per heavy atom. The summed E-state index contributed by atoms with van der Waals surface area (Å²) in [4.78, 5) is 0. The molecule has 0 saturated heterocycles. The first-order chi connectivity index (χ1) is 7.90. The van der Waals surface area contributed by atoms with Gasteiger partial charge in [-0.25, -0.2) is 4.68 Å². The highest BCUT2D eigenvalue weighted by atomic mass is 16.3. The maximum absolute atomic E-state index is 5.26. The van der Waals surface area contributed by atoms with Crippen molar-refractivity contribution in [1.82, 2.24) is 9.78 Å². The van der Waals surface area contributed by atoms with Gasteiger partial charge in [0.2, 0.25) is 0 Å². The first-order valence-corrected chi connectivity index (χ1v) is 5.68. The molecule has 2 aromatic rings. The molecule has 86 valence electrons. The van der Waals surface area contributed by atoms with Gasteiger partial charge in [-0.3, -0.25) is 0 Å². The van der Waals surface area contributed by atoms with E-state index in [9.17, 15) is 0 Å². The second-order valence-electron chi connectivity index (χ2n) is 3.73. The number of hydrogen-bond donors (Lipinski definition) is 1. The molecule has 2 aromatic heterocycles. The molecule has 0 saturated carbocycles. The van der Waals surface area contributed by atoms with Crippen LogP contribution < -0.4 is 5.32 Å². The van der Waals surface area contributed by atoms with Gasteiger partial charge in [0.05, 0.1) is 19.0 Å². The standard InChI is InChI=1S/C12H17N3O/c1-2-3-8-15-12(6-7-14-15)13-10-11-5-4-9-16-11/h4-7,9,13H,2-3,8,10H2,1H3. The van der Waals surface area contributed by atoms with E-state index in [2.05, 4.69) is 17.3 Å². The van der Waals surface area contributed by atoms with Crippen LogP contribution in [0.5, 0.6) is 0 Å². The minimum atomic E-state index is 0.699. The van der Waals surface area contributed by atoms with Crippen molar-refractivity contribution in [2.45, 2.75) is 32.9 Å². The van der Waals surface area contributed by atoms with E-state index in [0.717, 1.165) is 24.5 Å². The van der Waals surface area contributed by atoms with E-state index in [4.69, 9.17) is 4.42 Å². The summed E-state index contributed by atoms with van der Waals surface area (Å²) in [5.74, 6) is 1.98. The minimum Gasteiger partial charge on any atom is -0.467 e. The van der Waals surface area contributed by atoms with Gasteiger partial charge in [-0.15, -0.1) is 0 Å². The molecule has 0 unspecified atom stereocenters. The van der Waals surface area contributed by atoms with Crippen LogP contribution in [0.15, 0.2) is 35.1 Å². The van der Waals surface area contributed by atoms with E-state index in [0.29, 0.717) is 6.54 Å². The van der Waals surface area contributed by atoms with Crippen molar-refractivity contribution >= 4 is 5.82 Å². The van der Waals surface area contributed by atoms with Gasteiger partial charge in [0.15, 0.2) is 0 Å². The van der Waals surface area contributed by atoms with Crippen molar-refractivity contribution in [3.05, 3.63) is 36.4 Å². The number of aryl methyl sites for hydroxylation is 1. The van der Waals surface area contributed by atoms with Crippen molar-refractivity contribution in [3.63, 3.8) is 0 Å². The summed E-state index contributed by atoms with van der Waals surface area (Å²) < 4.78 is 7.25. The normalized spacial score (nSPS) is 10.6. The first-order valence-electron chi connectivity index (χ1n) is 5.68. The summed E-state index contributed by atoms with van der Waals surface area (Å²) in [6, 6.07) is 5.84. The van der Waals surface area contributed by atoms with Crippen LogP contribution in [0.1, 0.15) is 25.5 Å². The SMILES string of the molecule is CCCCn1nccc1NCc1ccco1. The molecule has 0 aliphatic carbocycles. The van der Waals surface area contributed by atoms with Gasteiger partial charge in [0.1, 0.15) is 11.6 Å². The predicted molar refractivity (Wildman–Crippen MR) is 63.2 cm³/mol. The van der Waals surface area contributed by atoms with Crippen LogP contribution >= 0.6 is 0 Å². The van der Waals surface area contributed by atoms with Gasteiger partial charge in [-0.2, -0.15) is 5.10 Å². The lowest BCUT2D eigenvalue weighted by atomic mass is 10.3. The van der Waals surface area contributed by atoms with Crippen molar-refractivity contribution in [2.24, 2.45) is 0 Å². The summed E-state index contributed by atoms with van der Waals surface area (Å²) in [5.41, 5.74) is 0. The van der Waals surface area contributed by atoms with Crippen molar-refractivity contribution in [1.29, 1.82) is 0 Å². The second kappa shape index (κ2) is 5.39. The Bertz CT molecular complexity index is 406. The monoisotopic (exact) mass is 219 g/mol. The summed E-state index contributed by atoms with van der Waals surface area (Å²) in [7, 11) is 0. The molecule has 0 amide bonds. The number of furan rings is 1. The molecule has 0 aromatic carbocycles. The third-order valence-electron chi connectivity index (χ3n) is 2.46. The molecule has 0 radical (unpaired) electrons. The van der Waals surface area contributed by atoms with Crippen LogP contribution in [-0.2, 0) is 13.1 Å². The molecule has 0 spiro atoms. The Kier molecular flexibility index (Phi) is 3.64. The molecule has 0 atom stereocenters. The van der Waals surface area contributed by atoms with E-state index < -0.39 is 0 Å². The van der Waals surface area contributed by atoms with E-state index in [-0.39, 0.29) is 0 Å². The number of hydrogen-bond acceptors (Lipinski definition) is 3. The Morgan fingerprint density at radius 1 is 1.44 bits per heavy atom. The van der Waals surface area contributed by atoms with Gasteiger partial charge in [0, 0.05) is 12.6 Å². The number of unbranched alkanes of at least 4 members (excludes halogenated alkanes) is 1. The highest BCUT2D eigenvalue weighted by Gasteiger charge is 2.02. The van der Waals surface area contributed by atoms with E-state index >= 15 is 0 Å². The highest BCUT2D eigenvalue weighted by molar-refractivity contribution is 5.34. The molecule has 0 fully saturated rings. The molecule has 1 N–H and O–H groups in total. The topological polar surface area (TPSA) is 43.0 Å². The average Bonchev–Trinajstić information content (AvgIpc) is 2.94. The van der Waals surface area contributed by atoms with Gasteiger partial charge in [-0.1, -0.05) is 13.3 Å². The number of nitrogens with zero attached hydrogens (tertiary/aromatic N) is 2. The quantitative estimate of drug-likeness (QED) is 0.812. The minimum absolute atomic E-state index is 0.699. The fraction of sp³-hybridized carbons (Fsp3) is 0.417. The van der Waals surface area contributed by atoms with Gasteiger partial charge < -0.3 is 9.73 Å². The number of aromatic nitrogens is 2. The molecule has 0 bridgehead atoms. The van der Waals surface area contributed by atoms with Crippen LogP contribution in [0.25, 0.3) is 0 Å². The molecule has 4 nitrogen and oxygen atoms in total. The van der Waals surface area contributed by atoms with Crippen LogP contribution in [0.2, 0.25) is 0 Å². The van der Waals surface area contributed by atoms with Gasteiger partial charge in [0.25, 0.3) is 0 Å². The summed E-state index contributed by atoms with van der Waals surface area (Å²) in [6.45, 7) is 3.84. The van der Waals surface area contributed by atoms with Crippen molar-refractivity contribution in [2.75, 3.05) is 5.32 Å². The summed E-state index contributed by atoms with van der Waals surface area (Å²) in [6.07, 6.45) is 5.83. The Hall–Kier alpha value is -1.71. The van der Waals surface area contributed by atoms with Crippen LogP contribution in [0.4, 0.5) is 5.82 Å². The third kappa shape index (κ3) is 2.66. The molecule has 0 aliphatic rings. The Labute approximate surface area is 95.3 Å². The van der Waals surface area contributed by atoms with Gasteiger partial charge >= 0.3 is 0 Å². The Balaban J connectivity index is 1.91. The zero-order chi connectivity index (χ0) is 11.2. The van der Waals surface area contributed by atoms with Gasteiger partial charge in [-0.05, 0) is 18.6 Å². The highest BCUT2D eigenvalue weighted by Crippen LogP contribution is 2.10. The molecule has 16 heavy (non-hydrogen) atoms. The molecular weight excluding hydrogens is 202 g/mol. The first kappa shape index (κ1) is 10.8. The zero-order valence-electron chi connectivity index (χ0n) is 9.52. The lowest BCUT2D eigenvalue weighted by Crippen LogP contribution is -2.07. The van der Waals surface area contributed by atoms with Crippen molar-refractivity contribution < 1.29 is 4.42 Å². The Morgan fingerprint density at radius 2 is 2.38 bits per heavy atom. The van der Waals surface area contributed by atoms with Crippen LogP contribution in [0, 0.1) is 0 Å². The maximum atomic E-state index is 5.26. The molecule has 0 aliphatic heterocycles. The predicted octanol–water partition coefficient (Wildman–Crippen LogP) is 2.89. The molecular formula is C12H17N3O.